The summed E-state index contributed by atoms with van der Waals surface area (Å²) in [6, 6.07) is 6.43. The molecule has 1 aromatic rings. The molecule has 3 heteroatoms. The molecule has 0 aliphatic rings. The van der Waals surface area contributed by atoms with Crippen molar-refractivity contribution >= 4 is 27.5 Å². The van der Waals surface area contributed by atoms with E-state index < -0.39 is 0 Å². The van der Waals surface area contributed by atoms with Crippen LogP contribution in [0.4, 0.5) is 0 Å². The van der Waals surface area contributed by atoms with Crippen LogP contribution in [0.15, 0.2) is 22.7 Å². The van der Waals surface area contributed by atoms with E-state index >= 15 is 0 Å². The summed E-state index contributed by atoms with van der Waals surface area (Å²) >= 11 is 9.09. The number of halogens is 2. The first-order valence-corrected chi connectivity index (χ1v) is 6.58. The van der Waals surface area contributed by atoms with Crippen LogP contribution < -0.4 is 5.32 Å². The predicted octanol–water partition coefficient (Wildman–Crippen LogP) is 3.52. The minimum absolute atomic E-state index is 0.739. The summed E-state index contributed by atoms with van der Waals surface area (Å²) in [6.45, 7) is 4.19. The second-order valence-corrected chi connectivity index (χ2v) is 4.91. The number of rotatable bonds is 6. The first-order valence-electron chi connectivity index (χ1n) is 5.25. The molecular weight excluding hydrogens is 273 g/mol. The molecule has 1 rings (SSSR count). The summed E-state index contributed by atoms with van der Waals surface area (Å²) in [6.07, 6.45) is 2.12. The van der Waals surface area contributed by atoms with Gasteiger partial charge in [-0.2, -0.15) is 0 Å². The van der Waals surface area contributed by atoms with E-state index in [2.05, 4.69) is 46.4 Å². The molecule has 0 aliphatic heterocycles. The van der Waals surface area contributed by atoms with Crippen LogP contribution in [-0.4, -0.2) is 19.0 Å². The van der Waals surface area contributed by atoms with E-state index in [0.717, 1.165) is 36.3 Å². The van der Waals surface area contributed by atoms with Crippen LogP contribution in [0.3, 0.4) is 0 Å². The van der Waals surface area contributed by atoms with Gasteiger partial charge in [-0.25, -0.2) is 0 Å². The molecule has 0 saturated heterocycles. The third-order valence-corrected chi connectivity index (χ3v) is 3.13. The maximum atomic E-state index is 5.60. The van der Waals surface area contributed by atoms with Gasteiger partial charge in [0.15, 0.2) is 0 Å². The molecule has 0 bridgehead atoms. The minimum atomic E-state index is 0.739. The Hall–Kier alpha value is -0.0500. The van der Waals surface area contributed by atoms with E-state index in [-0.39, 0.29) is 0 Å². The number of aryl methyl sites for hydroxylation is 1. The average molecular weight is 291 g/mol. The van der Waals surface area contributed by atoms with Gasteiger partial charge < -0.3 is 5.32 Å². The molecule has 15 heavy (non-hydrogen) atoms. The minimum Gasteiger partial charge on any atom is -0.316 e. The lowest BCUT2D eigenvalue weighted by atomic mass is 10.1. The molecule has 1 N–H and O–H groups in total. The van der Waals surface area contributed by atoms with Crippen molar-refractivity contribution in [1.29, 1.82) is 0 Å². The molecular formula is C12H17BrClN. The molecule has 0 spiro atoms. The van der Waals surface area contributed by atoms with Crippen molar-refractivity contribution in [2.75, 3.05) is 19.0 Å². The molecule has 0 heterocycles. The second kappa shape index (κ2) is 7.26. The molecule has 0 aliphatic carbocycles. The SMILES string of the molecule is Cc1ccc(Br)cc1CCNCCCCl. The summed E-state index contributed by atoms with van der Waals surface area (Å²) in [5, 5.41) is 3.38. The Morgan fingerprint density at radius 1 is 1.33 bits per heavy atom. The van der Waals surface area contributed by atoms with E-state index in [4.69, 9.17) is 11.6 Å². The van der Waals surface area contributed by atoms with Crippen LogP contribution in [0.1, 0.15) is 17.5 Å². The second-order valence-electron chi connectivity index (χ2n) is 3.61. The van der Waals surface area contributed by atoms with Crippen molar-refractivity contribution in [3.63, 3.8) is 0 Å². The zero-order chi connectivity index (χ0) is 11.1. The topological polar surface area (TPSA) is 12.0 Å². The molecule has 0 unspecified atom stereocenters. The number of hydrogen-bond acceptors (Lipinski definition) is 1. The van der Waals surface area contributed by atoms with Crippen LogP contribution >= 0.6 is 27.5 Å². The zero-order valence-electron chi connectivity index (χ0n) is 9.02. The van der Waals surface area contributed by atoms with E-state index in [1.54, 1.807) is 0 Å². The molecule has 0 aromatic heterocycles. The zero-order valence-corrected chi connectivity index (χ0v) is 11.4. The van der Waals surface area contributed by atoms with Gasteiger partial charge in [0, 0.05) is 10.4 Å². The van der Waals surface area contributed by atoms with Crippen molar-refractivity contribution in [3.05, 3.63) is 33.8 Å². The van der Waals surface area contributed by atoms with E-state index in [0.29, 0.717) is 0 Å². The number of hydrogen-bond donors (Lipinski definition) is 1. The lowest BCUT2D eigenvalue weighted by Gasteiger charge is -2.07. The van der Waals surface area contributed by atoms with Crippen LogP contribution in [0.25, 0.3) is 0 Å². The first kappa shape index (κ1) is 13.0. The molecule has 0 fully saturated rings. The highest BCUT2D eigenvalue weighted by Gasteiger charge is 1.98. The first-order chi connectivity index (χ1) is 7.24. The van der Waals surface area contributed by atoms with Crippen molar-refractivity contribution in [2.45, 2.75) is 19.8 Å². The summed E-state index contributed by atoms with van der Waals surface area (Å²) in [7, 11) is 0. The highest BCUT2D eigenvalue weighted by molar-refractivity contribution is 9.10. The molecule has 0 saturated carbocycles. The van der Waals surface area contributed by atoms with Gasteiger partial charge in [-0.15, -0.1) is 11.6 Å². The molecule has 1 aromatic carbocycles. The number of nitrogens with one attached hydrogen (secondary N) is 1. The smallest absolute Gasteiger partial charge is 0.0235 e. The highest BCUT2D eigenvalue weighted by atomic mass is 79.9. The monoisotopic (exact) mass is 289 g/mol. The Morgan fingerprint density at radius 3 is 2.87 bits per heavy atom. The van der Waals surface area contributed by atoms with Gasteiger partial charge in [0.1, 0.15) is 0 Å². The average Bonchev–Trinajstić information content (AvgIpc) is 2.23. The Labute approximate surface area is 105 Å². The Balaban J connectivity index is 2.33. The lowest BCUT2D eigenvalue weighted by molar-refractivity contribution is 0.672. The number of alkyl halides is 1. The molecule has 84 valence electrons. The van der Waals surface area contributed by atoms with Crippen molar-refractivity contribution in [2.24, 2.45) is 0 Å². The van der Waals surface area contributed by atoms with Crippen LogP contribution in [-0.2, 0) is 6.42 Å². The van der Waals surface area contributed by atoms with Crippen LogP contribution in [0, 0.1) is 6.92 Å². The third kappa shape index (κ3) is 5.01. The lowest BCUT2D eigenvalue weighted by Crippen LogP contribution is -2.19. The predicted molar refractivity (Wildman–Crippen MR) is 70.8 cm³/mol. The van der Waals surface area contributed by atoms with E-state index in [1.165, 1.54) is 11.1 Å². The highest BCUT2D eigenvalue weighted by Crippen LogP contribution is 2.16. The molecule has 0 atom stereocenters. The van der Waals surface area contributed by atoms with Gasteiger partial charge in [0.05, 0.1) is 0 Å². The fourth-order valence-electron chi connectivity index (χ4n) is 1.45. The van der Waals surface area contributed by atoms with Crippen molar-refractivity contribution in [1.82, 2.24) is 5.32 Å². The number of benzene rings is 1. The normalized spacial score (nSPS) is 10.6. The summed E-state index contributed by atoms with van der Waals surface area (Å²) < 4.78 is 1.16. The molecule has 0 radical (unpaired) electrons. The Morgan fingerprint density at radius 2 is 2.13 bits per heavy atom. The standard InChI is InChI=1S/C12H17BrClN/c1-10-3-4-12(13)9-11(10)5-8-15-7-2-6-14/h3-4,9,15H,2,5-8H2,1H3. The fraction of sp³-hybridized carbons (Fsp3) is 0.500. The van der Waals surface area contributed by atoms with Gasteiger partial charge in [-0.05, 0) is 56.1 Å². The van der Waals surface area contributed by atoms with Gasteiger partial charge in [-0.1, -0.05) is 22.0 Å². The van der Waals surface area contributed by atoms with E-state index in [1.807, 2.05) is 0 Å². The summed E-state index contributed by atoms with van der Waals surface area (Å²) in [4.78, 5) is 0. The quantitative estimate of drug-likeness (QED) is 0.624. The van der Waals surface area contributed by atoms with Crippen molar-refractivity contribution in [3.8, 4) is 0 Å². The van der Waals surface area contributed by atoms with Crippen molar-refractivity contribution < 1.29 is 0 Å². The van der Waals surface area contributed by atoms with Crippen LogP contribution in [0.5, 0.6) is 0 Å². The molecule has 0 amide bonds. The van der Waals surface area contributed by atoms with E-state index in [9.17, 15) is 0 Å². The largest absolute Gasteiger partial charge is 0.316 e. The van der Waals surface area contributed by atoms with Gasteiger partial charge in [-0.3, -0.25) is 0 Å². The Bertz CT molecular complexity index is 302. The molecule has 1 nitrogen and oxygen atoms in total. The van der Waals surface area contributed by atoms with Gasteiger partial charge >= 0.3 is 0 Å². The summed E-state index contributed by atoms with van der Waals surface area (Å²) in [5.74, 6) is 0.739. The maximum absolute atomic E-state index is 5.60. The van der Waals surface area contributed by atoms with Gasteiger partial charge in [0.2, 0.25) is 0 Å². The summed E-state index contributed by atoms with van der Waals surface area (Å²) in [5.41, 5.74) is 2.76. The third-order valence-electron chi connectivity index (χ3n) is 2.37. The van der Waals surface area contributed by atoms with Gasteiger partial charge in [0.25, 0.3) is 0 Å². The Kier molecular flexibility index (Phi) is 6.30. The maximum Gasteiger partial charge on any atom is 0.0235 e. The fourth-order valence-corrected chi connectivity index (χ4v) is 1.99. The van der Waals surface area contributed by atoms with Crippen LogP contribution in [0.2, 0.25) is 0 Å².